The summed E-state index contributed by atoms with van der Waals surface area (Å²) in [7, 11) is 0. The zero-order valence-electron chi connectivity index (χ0n) is 19.0. The molecule has 0 radical (unpaired) electrons. The van der Waals surface area contributed by atoms with Gasteiger partial charge in [-0.1, -0.05) is 110 Å². The average molecular weight is 381 g/mol. The zero-order valence-corrected chi connectivity index (χ0v) is 19.0. The number of allylic oxidation sites excluding steroid dienone is 1. The number of ether oxygens (including phenoxy) is 1. The van der Waals surface area contributed by atoms with Gasteiger partial charge in [0.15, 0.2) is 0 Å². The Morgan fingerprint density at radius 1 is 0.741 bits per heavy atom. The minimum atomic E-state index is -0.0404. The van der Waals surface area contributed by atoms with Crippen molar-refractivity contribution < 1.29 is 9.53 Å². The van der Waals surface area contributed by atoms with E-state index in [9.17, 15) is 4.79 Å². The molecule has 0 unspecified atom stereocenters. The summed E-state index contributed by atoms with van der Waals surface area (Å²) in [5, 5.41) is 0. The highest BCUT2D eigenvalue weighted by Crippen LogP contribution is 2.22. The summed E-state index contributed by atoms with van der Waals surface area (Å²) < 4.78 is 5.27. The Balaban J connectivity index is 3.30. The van der Waals surface area contributed by atoms with Crippen LogP contribution in [-0.4, -0.2) is 12.6 Å². The van der Waals surface area contributed by atoms with Crippen molar-refractivity contribution in [1.29, 1.82) is 0 Å². The predicted molar refractivity (Wildman–Crippen MR) is 119 cm³/mol. The van der Waals surface area contributed by atoms with Crippen LogP contribution in [0.3, 0.4) is 0 Å². The van der Waals surface area contributed by atoms with Crippen LogP contribution >= 0.6 is 0 Å². The first-order valence-corrected chi connectivity index (χ1v) is 11.8. The van der Waals surface area contributed by atoms with Crippen LogP contribution in [0.25, 0.3) is 0 Å². The number of carbonyl (C=O) groups is 1. The van der Waals surface area contributed by atoms with Gasteiger partial charge in [0.25, 0.3) is 0 Å². The van der Waals surface area contributed by atoms with Gasteiger partial charge < -0.3 is 4.74 Å². The molecular formula is C25H48O2. The summed E-state index contributed by atoms with van der Waals surface area (Å²) in [5.74, 6) is -0.0404. The standard InChI is InChI=1S/C25H48O2/c1-5-6-7-8-9-10-11-12-13-17-20-23-27-24(26)21-18-15-14-16-19-22-25(2,3)4/h17,20H,5-16,18-19,21-23H2,1-4H3/b20-17-. The number of esters is 1. The Labute approximate surface area is 170 Å². The van der Waals surface area contributed by atoms with E-state index in [4.69, 9.17) is 4.74 Å². The second-order valence-corrected chi connectivity index (χ2v) is 9.25. The third-order valence-corrected chi connectivity index (χ3v) is 5.04. The molecule has 0 aliphatic rings. The maximum absolute atomic E-state index is 11.7. The third kappa shape index (κ3) is 23.2. The van der Waals surface area contributed by atoms with Gasteiger partial charge >= 0.3 is 5.97 Å². The molecule has 0 aromatic rings. The van der Waals surface area contributed by atoms with E-state index in [0.29, 0.717) is 18.4 Å². The molecule has 160 valence electrons. The Hall–Kier alpha value is -0.790. The summed E-state index contributed by atoms with van der Waals surface area (Å²) in [6.07, 6.45) is 23.9. The minimum absolute atomic E-state index is 0.0404. The molecule has 0 atom stereocenters. The Morgan fingerprint density at radius 3 is 1.93 bits per heavy atom. The Morgan fingerprint density at radius 2 is 1.30 bits per heavy atom. The summed E-state index contributed by atoms with van der Waals surface area (Å²) in [6, 6.07) is 0. The fraction of sp³-hybridized carbons (Fsp3) is 0.880. The largest absolute Gasteiger partial charge is 0.461 e. The van der Waals surface area contributed by atoms with Gasteiger partial charge in [-0.05, 0) is 31.1 Å². The zero-order chi connectivity index (χ0) is 20.2. The molecule has 0 heterocycles. The first-order chi connectivity index (χ1) is 13.0. The van der Waals surface area contributed by atoms with Crippen LogP contribution in [0.5, 0.6) is 0 Å². The Kier molecular flexibility index (Phi) is 18.0. The molecule has 2 nitrogen and oxygen atoms in total. The Bertz CT molecular complexity index is 352. The average Bonchev–Trinajstić information content (AvgIpc) is 2.61. The molecule has 0 aromatic heterocycles. The van der Waals surface area contributed by atoms with E-state index >= 15 is 0 Å². The molecule has 0 saturated carbocycles. The van der Waals surface area contributed by atoms with Gasteiger partial charge in [-0.15, -0.1) is 0 Å². The second-order valence-electron chi connectivity index (χ2n) is 9.25. The van der Waals surface area contributed by atoms with E-state index in [2.05, 4.69) is 33.8 Å². The van der Waals surface area contributed by atoms with Crippen LogP contribution < -0.4 is 0 Å². The first-order valence-electron chi connectivity index (χ1n) is 11.8. The van der Waals surface area contributed by atoms with Gasteiger partial charge in [0.1, 0.15) is 6.61 Å². The molecule has 0 bridgehead atoms. The third-order valence-electron chi connectivity index (χ3n) is 5.04. The van der Waals surface area contributed by atoms with Crippen molar-refractivity contribution in [3.63, 3.8) is 0 Å². The predicted octanol–water partition coefficient (Wildman–Crippen LogP) is 8.39. The molecule has 0 spiro atoms. The van der Waals surface area contributed by atoms with Gasteiger partial charge in [-0.2, -0.15) is 0 Å². The van der Waals surface area contributed by atoms with Gasteiger partial charge in [0.05, 0.1) is 0 Å². The second kappa shape index (κ2) is 18.6. The van der Waals surface area contributed by atoms with Crippen LogP contribution in [0.4, 0.5) is 0 Å². The summed E-state index contributed by atoms with van der Waals surface area (Å²) in [6.45, 7) is 9.61. The van der Waals surface area contributed by atoms with Gasteiger partial charge in [-0.25, -0.2) is 0 Å². The number of hydrogen-bond acceptors (Lipinski definition) is 2. The molecule has 0 aromatic carbocycles. The molecule has 0 N–H and O–H groups in total. The molecule has 0 amide bonds. The van der Waals surface area contributed by atoms with Crippen molar-refractivity contribution in [2.45, 2.75) is 130 Å². The van der Waals surface area contributed by atoms with E-state index in [-0.39, 0.29) is 5.97 Å². The van der Waals surface area contributed by atoms with Crippen molar-refractivity contribution in [1.82, 2.24) is 0 Å². The van der Waals surface area contributed by atoms with Crippen LogP contribution in [0.1, 0.15) is 130 Å². The van der Waals surface area contributed by atoms with Gasteiger partial charge in [0, 0.05) is 6.42 Å². The molecule has 0 aliphatic carbocycles. The van der Waals surface area contributed by atoms with Gasteiger partial charge in [-0.3, -0.25) is 4.79 Å². The van der Waals surface area contributed by atoms with Crippen molar-refractivity contribution in [3.05, 3.63) is 12.2 Å². The van der Waals surface area contributed by atoms with Crippen LogP contribution in [0.15, 0.2) is 12.2 Å². The summed E-state index contributed by atoms with van der Waals surface area (Å²) >= 11 is 0. The SMILES string of the molecule is CCCCCCCCCC/C=C\COC(=O)CCCCCCCC(C)(C)C. The molecule has 0 saturated heterocycles. The van der Waals surface area contributed by atoms with E-state index in [1.165, 1.54) is 77.0 Å². The quantitative estimate of drug-likeness (QED) is 0.135. The molecule has 0 fully saturated rings. The topological polar surface area (TPSA) is 26.3 Å². The number of rotatable bonds is 18. The van der Waals surface area contributed by atoms with Crippen molar-refractivity contribution in [3.8, 4) is 0 Å². The molecule has 0 rings (SSSR count). The van der Waals surface area contributed by atoms with Gasteiger partial charge in [0.2, 0.25) is 0 Å². The lowest BCUT2D eigenvalue weighted by Gasteiger charge is -2.17. The van der Waals surface area contributed by atoms with E-state index in [0.717, 1.165) is 19.3 Å². The highest BCUT2D eigenvalue weighted by Gasteiger charge is 2.08. The minimum Gasteiger partial charge on any atom is -0.461 e. The lowest BCUT2D eigenvalue weighted by Crippen LogP contribution is -2.04. The number of carbonyl (C=O) groups excluding carboxylic acids is 1. The first kappa shape index (κ1) is 26.2. The smallest absolute Gasteiger partial charge is 0.306 e. The van der Waals surface area contributed by atoms with E-state index < -0.39 is 0 Å². The highest BCUT2D eigenvalue weighted by molar-refractivity contribution is 5.69. The number of hydrogen-bond donors (Lipinski definition) is 0. The van der Waals surface area contributed by atoms with Crippen molar-refractivity contribution >= 4 is 5.97 Å². The van der Waals surface area contributed by atoms with Crippen LogP contribution in [-0.2, 0) is 9.53 Å². The van der Waals surface area contributed by atoms with Crippen LogP contribution in [0.2, 0.25) is 0 Å². The normalized spacial score (nSPS) is 12.0. The highest BCUT2D eigenvalue weighted by atomic mass is 16.5. The lowest BCUT2D eigenvalue weighted by molar-refractivity contribution is -0.142. The maximum Gasteiger partial charge on any atom is 0.306 e. The molecule has 2 heteroatoms. The van der Waals surface area contributed by atoms with Crippen molar-refractivity contribution in [2.24, 2.45) is 5.41 Å². The number of unbranched alkanes of at least 4 members (excludes halogenated alkanes) is 12. The fourth-order valence-corrected chi connectivity index (χ4v) is 3.25. The van der Waals surface area contributed by atoms with E-state index in [1.54, 1.807) is 0 Å². The van der Waals surface area contributed by atoms with Crippen LogP contribution in [0, 0.1) is 5.41 Å². The summed E-state index contributed by atoms with van der Waals surface area (Å²) in [5.41, 5.74) is 0.450. The van der Waals surface area contributed by atoms with E-state index in [1.807, 2.05) is 6.08 Å². The fourth-order valence-electron chi connectivity index (χ4n) is 3.25. The molecular weight excluding hydrogens is 332 g/mol. The molecule has 0 aliphatic heterocycles. The molecule has 27 heavy (non-hydrogen) atoms. The monoisotopic (exact) mass is 380 g/mol. The van der Waals surface area contributed by atoms with Crippen molar-refractivity contribution in [2.75, 3.05) is 6.61 Å². The maximum atomic E-state index is 11.7. The lowest BCUT2D eigenvalue weighted by atomic mass is 9.89. The summed E-state index contributed by atoms with van der Waals surface area (Å²) in [4.78, 5) is 11.7.